The Morgan fingerprint density at radius 2 is 1.83 bits per heavy atom. The zero-order valence-corrected chi connectivity index (χ0v) is 8.64. The molecule has 0 amide bonds. The molecule has 1 rings (SSSR count). The van der Waals surface area contributed by atoms with Crippen molar-refractivity contribution in [3.05, 3.63) is 12.2 Å². The predicted octanol–water partition coefficient (Wildman–Crippen LogP) is 2.68. The zero-order chi connectivity index (χ0) is 9.14. The van der Waals surface area contributed by atoms with Gasteiger partial charge in [0, 0.05) is 6.04 Å². The van der Waals surface area contributed by atoms with E-state index in [-0.39, 0.29) is 0 Å². The van der Waals surface area contributed by atoms with Crippen molar-refractivity contribution in [1.82, 2.24) is 4.90 Å². The predicted molar refractivity (Wildman–Crippen MR) is 54.2 cm³/mol. The third kappa shape index (κ3) is 2.10. The Morgan fingerprint density at radius 1 is 1.33 bits per heavy atom. The summed E-state index contributed by atoms with van der Waals surface area (Å²) in [5.74, 6) is 0.873. The van der Waals surface area contributed by atoms with Crippen LogP contribution in [0.25, 0.3) is 0 Å². The minimum atomic E-state index is 0.618. The molecule has 1 aliphatic rings. The molecule has 0 saturated heterocycles. The van der Waals surface area contributed by atoms with Gasteiger partial charge in [-0.05, 0) is 39.8 Å². The summed E-state index contributed by atoms with van der Waals surface area (Å²) >= 11 is 0. The number of rotatable bonds is 3. The van der Waals surface area contributed by atoms with E-state index in [0.717, 1.165) is 5.92 Å². The minimum absolute atomic E-state index is 0.618. The van der Waals surface area contributed by atoms with E-state index in [1.54, 1.807) is 0 Å². The third-order valence-corrected chi connectivity index (χ3v) is 2.91. The van der Waals surface area contributed by atoms with Crippen molar-refractivity contribution in [2.24, 2.45) is 5.92 Å². The van der Waals surface area contributed by atoms with E-state index in [2.05, 4.69) is 32.5 Å². The molecular weight excluding hydrogens is 146 g/mol. The molecule has 0 aromatic heterocycles. The third-order valence-electron chi connectivity index (χ3n) is 2.91. The van der Waals surface area contributed by atoms with Gasteiger partial charge in [0.2, 0.25) is 0 Å². The van der Waals surface area contributed by atoms with Gasteiger partial charge in [0.1, 0.15) is 0 Å². The van der Waals surface area contributed by atoms with E-state index >= 15 is 0 Å². The molecule has 1 aliphatic carbocycles. The van der Waals surface area contributed by atoms with Crippen molar-refractivity contribution in [2.75, 3.05) is 14.1 Å². The van der Waals surface area contributed by atoms with Crippen LogP contribution in [0.3, 0.4) is 0 Å². The monoisotopic (exact) mass is 167 g/mol. The van der Waals surface area contributed by atoms with E-state index in [4.69, 9.17) is 0 Å². The topological polar surface area (TPSA) is 3.24 Å². The second kappa shape index (κ2) is 4.08. The maximum atomic E-state index is 4.08. The van der Waals surface area contributed by atoms with Crippen molar-refractivity contribution < 1.29 is 0 Å². The Labute approximate surface area is 76.5 Å². The first kappa shape index (κ1) is 9.79. The molecule has 0 aliphatic heterocycles. The maximum absolute atomic E-state index is 4.08. The summed E-state index contributed by atoms with van der Waals surface area (Å²) in [4.78, 5) is 2.32. The fourth-order valence-electron chi connectivity index (χ4n) is 2.54. The van der Waals surface area contributed by atoms with Gasteiger partial charge in [-0.25, -0.2) is 0 Å². The molecule has 1 atom stereocenters. The normalized spacial score (nSPS) is 21.7. The Balaban J connectivity index is 2.58. The van der Waals surface area contributed by atoms with Crippen LogP contribution in [0.1, 0.15) is 32.6 Å². The lowest BCUT2D eigenvalue weighted by Gasteiger charge is -2.30. The molecule has 0 N–H and O–H groups in total. The lowest BCUT2D eigenvalue weighted by atomic mass is 9.92. The average molecular weight is 167 g/mol. The highest BCUT2D eigenvalue weighted by atomic mass is 15.1. The number of hydrogen-bond acceptors (Lipinski definition) is 1. The second-order valence-electron chi connectivity index (χ2n) is 4.30. The van der Waals surface area contributed by atoms with E-state index in [9.17, 15) is 0 Å². The minimum Gasteiger partial charge on any atom is -0.302 e. The Bertz CT molecular complexity index is 154. The van der Waals surface area contributed by atoms with Crippen LogP contribution in [-0.2, 0) is 0 Å². The van der Waals surface area contributed by atoms with Gasteiger partial charge in [-0.15, -0.1) is 0 Å². The first-order valence-corrected chi connectivity index (χ1v) is 4.94. The van der Waals surface area contributed by atoms with Crippen LogP contribution in [0, 0.1) is 5.92 Å². The molecule has 0 spiro atoms. The van der Waals surface area contributed by atoms with Gasteiger partial charge < -0.3 is 4.90 Å². The Kier molecular flexibility index (Phi) is 3.33. The highest BCUT2D eigenvalue weighted by molar-refractivity contribution is 5.05. The summed E-state index contributed by atoms with van der Waals surface area (Å²) in [5, 5.41) is 0. The van der Waals surface area contributed by atoms with E-state index < -0.39 is 0 Å². The molecule has 0 radical (unpaired) electrons. The molecule has 1 nitrogen and oxygen atoms in total. The molecule has 0 bridgehead atoms. The summed E-state index contributed by atoms with van der Waals surface area (Å²) in [6.07, 6.45) is 5.63. The number of likely N-dealkylation sites (N-methyl/N-ethyl adjacent to an activating group) is 1. The lowest BCUT2D eigenvalue weighted by molar-refractivity contribution is 0.245. The zero-order valence-electron chi connectivity index (χ0n) is 8.64. The van der Waals surface area contributed by atoms with E-state index in [1.807, 2.05) is 0 Å². The van der Waals surface area contributed by atoms with Gasteiger partial charge in [0.15, 0.2) is 0 Å². The first-order valence-electron chi connectivity index (χ1n) is 4.94. The summed E-state index contributed by atoms with van der Waals surface area (Å²) in [6.45, 7) is 6.24. The van der Waals surface area contributed by atoms with Gasteiger partial charge in [-0.1, -0.05) is 25.0 Å². The lowest BCUT2D eigenvalue weighted by Crippen LogP contribution is -2.34. The van der Waals surface area contributed by atoms with Gasteiger partial charge in [0.05, 0.1) is 0 Å². The van der Waals surface area contributed by atoms with Crippen molar-refractivity contribution in [3.63, 3.8) is 0 Å². The van der Waals surface area contributed by atoms with Crippen LogP contribution < -0.4 is 0 Å². The van der Waals surface area contributed by atoms with Crippen LogP contribution in [0.4, 0.5) is 0 Å². The first-order chi connectivity index (χ1) is 5.63. The molecule has 1 heteroatoms. The Morgan fingerprint density at radius 3 is 2.17 bits per heavy atom. The highest BCUT2D eigenvalue weighted by Crippen LogP contribution is 2.32. The van der Waals surface area contributed by atoms with Gasteiger partial charge in [0.25, 0.3) is 0 Å². The van der Waals surface area contributed by atoms with Crippen LogP contribution in [0.15, 0.2) is 12.2 Å². The van der Waals surface area contributed by atoms with Gasteiger partial charge >= 0.3 is 0 Å². The van der Waals surface area contributed by atoms with Gasteiger partial charge in [-0.3, -0.25) is 0 Å². The fourth-order valence-corrected chi connectivity index (χ4v) is 2.54. The van der Waals surface area contributed by atoms with E-state index in [0.29, 0.717) is 6.04 Å². The van der Waals surface area contributed by atoms with Crippen molar-refractivity contribution in [3.8, 4) is 0 Å². The molecule has 1 unspecified atom stereocenters. The Hall–Kier alpha value is -0.300. The van der Waals surface area contributed by atoms with Crippen molar-refractivity contribution >= 4 is 0 Å². The molecule has 0 aromatic carbocycles. The van der Waals surface area contributed by atoms with Crippen LogP contribution >= 0.6 is 0 Å². The molecule has 1 saturated carbocycles. The van der Waals surface area contributed by atoms with Crippen molar-refractivity contribution in [1.29, 1.82) is 0 Å². The molecular formula is C11H21N. The number of nitrogens with zero attached hydrogens (tertiary/aromatic N) is 1. The summed E-state index contributed by atoms with van der Waals surface area (Å²) in [5.41, 5.74) is 1.33. The molecule has 1 fully saturated rings. The quantitative estimate of drug-likeness (QED) is 0.584. The largest absolute Gasteiger partial charge is 0.302 e. The molecule has 70 valence electrons. The van der Waals surface area contributed by atoms with Crippen LogP contribution in [0.5, 0.6) is 0 Å². The van der Waals surface area contributed by atoms with Crippen LogP contribution in [0.2, 0.25) is 0 Å². The van der Waals surface area contributed by atoms with E-state index in [1.165, 1.54) is 31.3 Å². The summed E-state index contributed by atoms with van der Waals surface area (Å²) in [6, 6.07) is 0.618. The molecule has 0 aromatic rings. The van der Waals surface area contributed by atoms with Gasteiger partial charge in [-0.2, -0.15) is 0 Å². The fraction of sp³-hybridized carbons (Fsp3) is 0.818. The summed E-state index contributed by atoms with van der Waals surface area (Å²) in [7, 11) is 4.33. The maximum Gasteiger partial charge on any atom is 0.0324 e. The second-order valence-corrected chi connectivity index (χ2v) is 4.30. The number of hydrogen-bond donors (Lipinski definition) is 0. The smallest absolute Gasteiger partial charge is 0.0324 e. The molecule has 0 heterocycles. The standard InChI is InChI=1S/C11H21N/c1-9(2)11(12(3)4)10-7-5-6-8-10/h10-11H,1,5-8H2,2-4H3. The SMILES string of the molecule is C=C(C)C(C1CCCC1)N(C)C. The average Bonchev–Trinajstić information content (AvgIpc) is 2.37. The van der Waals surface area contributed by atoms with Crippen molar-refractivity contribution in [2.45, 2.75) is 38.6 Å². The highest BCUT2D eigenvalue weighted by Gasteiger charge is 2.26. The van der Waals surface area contributed by atoms with Crippen LogP contribution in [-0.4, -0.2) is 25.0 Å². The molecule has 12 heavy (non-hydrogen) atoms. The summed E-state index contributed by atoms with van der Waals surface area (Å²) < 4.78 is 0.